The monoisotopic (exact) mass is 397 g/mol. The molecular weight excluding hydrogens is 373 g/mol. The maximum Gasteiger partial charge on any atom is 0.296 e. The second-order valence-electron chi connectivity index (χ2n) is 7.34. The summed E-state index contributed by atoms with van der Waals surface area (Å²) in [5, 5.41) is 11.5. The number of hydrogen-bond donors (Lipinski definition) is 1. The molecule has 3 aromatic rings. The van der Waals surface area contributed by atoms with E-state index in [1.54, 1.807) is 18.3 Å². The summed E-state index contributed by atoms with van der Waals surface area (Å²) in [6.07, 6.45) is 6.28. The Hall–Kier alpha value is -2.77. The lowest BCUT2D eigenvalue weighted by Gasteiger charge is -2.23. The van der Waals surface area contributed by atoms with Gasteiger partial charge in [0.25, 0.3) is 5.91 Å². The number of pyridine rings is 1. The highest BCUT2D eigenvalue weighted by molar-refractivity contribution is 6.00. The highest BCUT2D eigenvalue weighted by Gasteiger charge is 2.28. The minimum atomic E-state index is -0.475. The zero-order valence-corrected chi connectivity index (χ0v) is 16.4. The molecule has 1 aliphatic rings. The topological polar surface area (TPSA) is 67.6 Å². The van der Waals surface area contributed by atoms with E-state index < -0.39 is 5.91 Å². The number of unbranched alkanes of at least 4 members (excludes halogenated alkanes) is 1. The van der Waals surface area contributed by atoms with Crippen LogP contribution in [0.2, 0.25) is 0 Å². The second-order valence-corrected chi connectivity index (χ2v) is 7.34. The molecule has 4 rings (SSSR count). The van der Waals surface area contributed by atoms with E-state index in [2.05, 4.69) is 16.5 Å². The third-order valence-corrected chi connectivity index (χ3v) is 5.28. The second kappa shape index (κ2) is 8.31. The van der Waals surface area contributed by atoms with Crippen molar-refractivity contribution in [2.75, 3.05) is 13.2 Å². The van der Waals surface area contributed by atoms with Crippen molar-refractivity contribution in [1.29, 1.82) is 0 Å². The van der Waals surface area contributed by atoms with Crippen LogP contribution in [0.15, 0.2) is 36.7 Å². The van der Waals surface area contributed by atoms with Gasteiger partial charge < -0.3 is 9.30 Å². The lowest BCUT2D eigenvalue weighted by Crippen LogP contribution is -2.35. The summed E-state index contributed by atoms with van der Waals surface area (Å²) in [5.41, 5.74) is 4.01. The number of carbonyl (C=O) groups excluding carboxylic acids is 1. The number of benzene rings is 1. The number of nitrogens with zero attached hydrogens (tertiary/aromatic N) is 3. The van der Waals surface area contributed by atoms with Crippen LogP contribution in [0.1, 0.15) is 46.9 Å². The summed E-state index contributed by atoms with van der Waals surface area (Å²) in [6.45, 7) is 4.04. The van der Waals surface area contributed by atoms with Gasteiger partial charge in [0.15, 0.2) is 0 Å². The van der Waals surface area contributed by atoms with E-state index in [1.807, 2.05) is 6.20 Å². The van der Waals surface area contributed by atoms with Gasteiger partial charge in [0, 0.05) is 30.3 Å². The van der Waals surface area contributed by atoms with Crippen LogP contribution in [0, 0.1) is 5.82 Å². The Morgan fingerprint density at radius 3 is 2.83 bits per heavy atom. The van der Waals surface area contributed by atoms with E-state index in [4.69, 9.17) is 4.74 Å². The largest absolute Gasteiger partial charge is 0.377 e. The standard InChI is InChI=1S/C22H24FN3O3/c1-2-3-10-29-14-16-13-25(12-15-4-6-17(23)7-5-15)19-11-24-21-18(20(16)19)8-9-26(28)22(21)27/h4-7,11,13,28H,2-3,8-10,12,14H2,1H3. The van der Waals surface area contributed by atoms with Crippen molar-refractivity contribution in [3.8, 4) is 0 Å². The SMILES string of the molecule is CCCCOCc1cn(Cc2ccc(F)cc2)c2cnc3c(c12)CCN(O)C3=O. The fourth-order valence-corrected chi connectivity index (χ4v) is 3.76. The maximum absolute atomic E-state index is 13.3. The molecule has 0 aliphatic carbocycles. The number of carbonyl (C=O) groups is 1. The lowest BCUT2D eigenvalue weighted by molar-refractivity contribution is -0.0606. The Kier molecular flexibility index (Phi) is 5.60. The summed E-state index contributed by atoms with van der Waals surface area (Å²) >= 11 is 0. The first-order valence-electron chi connectivity index (χ1n) is 9.91. The van der Waals surface area contributed by atoms with Gasteiger partial charge in [0.2, 0.25) is 0 Å². The fourth-order valence-electron chi connectivity index (χ4n) is 3.76. The van der Waals surface area contributed by atoms with Crippen LogP contribution < -0.4 is 0 Å². The molecule has 1 amide bonds. The number of ether oxygens (including phenoxy) is 1. The van der Waals surface area contributed by atoms with E-state index in [0.29, 0.717) is 36.9 Å². The van der Waals surface area contributed by atoms with E-state index >= 15 is 0 Å². The molecule has 7 heteroatoms. The van der Waals surface area contributed by atoms with Crippen LogP contribution in [-0.2, 0) is 24.3 Å². The van der Waals surface area contributed by atoms with Crippen molar-refractivity contribution in [3.63, 3.8) is 0 Å². The van der Waals surface area contributed by atoms with E-state index in [9.17, 15) is 14.4 Å². The van der Waals surface area contributed by atoms with Crippen molar-refractivity contribution in [2.24, 2.45) is 0 Å². The van der Waals surface area contributed by atoms with Gasteiger partial charge in [-0.2, -0.15) is 0 Å². The quantitative estimate of drug-likeness (QED) is 0.485. The van der Waals surface area contributed by atoms with E-state index in [0.717, 1.165) is 40.4 Å². The summed E-state index contributed by atoms with van der Waals surface area (Å²) in [6, 6.07) is 6.42. The Morgan fingerprint density at radius 2 is 2.07 bits per heavy atom. The fraction of sp³-hybridized carbons (Fsp3) is 0.364. The molecule has 0 fully saturated rings. The molecule has 29 heavy (non-hydrogen) atoms. The summed E-state index contributed by atoms with van der Waals surface area (Å²) in [5.74, 6) is -0.740. The molecule has 1 aromatic carbocycles. The molecule has 3 heterocycles. The highest BCUT2D eigenvalue weighted by atomic mass is 19.1. The van der Waals surface area contributed by atoms with E-state index in [-0.39, 0.29) is 12.4 Å². The number of fused-ring (bicyclic) bond motifs is 3. The van der Waals surface area contributed by atoms with Crippen molar-refractivity contribution in [3.05, 3.63) is 64.9 Å². The summed E-state index contributed by atoms with van der Waals surface area (Å²) < 4.78 is 21.2. The van der Waals surface area contributed by atoms with Gasteiger partial charge in [-0.1, -0.05) is 25.5 Å². The number of halogens is 1. The van der Waals surface area contributed by atoms with Crippen molar-refractivity contribution in [2.45, 2.75) is 39.3 Å². The van der Waals surface area contributed by atoms with Gasteiger partial charge in [-0.25, -0.2) is 14.4 Å². The maximum atomic E-state index is 13.3. The first kappa shape index (κ1) is 19.5. The molecule has 0 bridgehead atoms. The molecule has 6 nitrogen and oxygen atoms in total. The van der Waals surface area contributed by atoms with Crippen LogP contribution in [0.5, 0.6) is 0 Å². The number of rotatable bonds is 7. The average Bonchev–Trinajstić information content (AvgIpc) is 3.07. The van der Waals surface area contributed by atoms with Crippen molar-refractivity contribution >= 4 is 16.8 Å². The third kappa shape index (κ3) is 3.88. The molecule has 0 spiro atoms. The van der Waals surface area contributed by atoms with E-state index in [1.165, 1.54) is 12.1 Å². The highest BCUT2D eigenvalue weighted by Crippen LogP contribution is 2.31. The smallest absolute Gasteiger partial charge is 0.296 e. The lowest BCUT2D eigenvalue weighted by atomic mass is 9.99. The summed E-state index contributed by atoms with van der Waals surface area (Å²) in [4.78, 5) is 16.7. The van der Waals surface area contributed by atoms with Crippen LogP contribution in [-0.4, -0.2) is 38.9 Å². The Morgan fingerprint density at radius 1 is 1.28 bits per heavy atom. The van der Waals surface area contributed by atoms with Crippen LogP contribution in [0.3, 0.4) is 0 Å². The molecule has 0 saturated heterocycles. The van der Waals surface area contributed by atoms with Crippen LogP contribution in [0.4, 0.5) is 4.39 Å². The Bertz CT molecular complexity index is 1030. The molecule has 1 N–H and O–H groups in total. The molecule has 152 valence electrons. The number of hydroxylamine groups is 2. The minimum Gasteiger partial charge on any atom is -0.377 e. The van der Waals surface area contributed by atoms with Crippen LogP contribution >= 0.6 is 0 Å². The first-order valence-corrected chi connectivity index (χ1v) is 9.91. The Labute approximate surface area is 168 Å². The summed E-state index contributed by atoms with van der Waals surface area (Å²) in [7, 11) is 0. The van der Waals surface area contributed by atoms with Crippen molar-refractivity contribution in [1.82, 2.24) is 14.6 Å². The number of hydrogen-bond acceptors (Lipinski definition) is 4. The zero-order chi connectivity index (χ0) is 20.4. The normalized spacial score (nSPS) is 13.9. The predicted molar refractivity (Wildman–Crippen MR) is 106 cm³/mol. The number of amides is 1. The average molecular weight is 397 g/mol. The van der Waals surface area contributed by atoms with Gasteiger partial charge in [-0.3, -0.25) is 10.0 Å². The molecule has 1 aliphatic heterocycles. The zero-order valence-electron chi connectivity index (χ0n) is 16.4. The van der Waals surface area contributed by atoms with Gasteiger partial charge in [-0.15, -0.1) is 0 Å². The number of aromatic nitrogens is 2. The first-order chi connectivity index (χ1) is 14.1. The van der Waals surface area contributed by atoms with Crippen molar-refractivity contribution < 1.29 is 19.1 Å². The molecule has 0 atom stereocenters. The molecule has 2 aromatic heterocycles. The third-order valence-electron chi connectivity index (χ3n) is 5.28. The molecule has 0 saturated carbocycles. The van der Waals surface area contributed by atoms with Gasteiger partial charge in [-0.05, 0) is 36.1 Å². The molecular formula is C22H24FN3O3. The van der Waals surface area contributed by atoms with Gasteiger partial charge >= 0.3 is 0 Å². The predicted octanol–water partition coefficient (Wildman–Crippen LogP) is 3.93. The minimum absolute atomic E-state index is 0.242. The van der Waals surface area contributed by atoms with Crippen LogP contribution in [0.25, 0.3) is 10.9 Å². The van der Waals surface area contributed by atoms with Gasteiger partial charge in [0.05, 0.1) is 24.9 Å². The Balaban J connectivity index is 1.76. The van der Waals surface area contributed by atoms with Gasteiger partial charge in [0.1, 0.15) is 11.5 Å². The molecule has 0 unspecified atom stereocenters. The molecule has 0 radical (unpaired) electrons.